The molecule has 0 radical (unpaired) electrons. The molecule has 2 aromatic rings. The second kappa shape index (κ2) is 8.53. The van der Waals surface area contributed by atoms with Crippen molar-refractivity contribution in [3.05, 3.63) is 66.0 Å². The molecule has 0 unspecified atom stereocenters. The SMILES string of the molecule is CCC1(CNC2CC(c3ccccn3)C2)CCN(Cc2ccccc2)CC1. The van der Waals surface area contributed by atoms with E-state index in [-0.39, 0.29) is 0 Å². The first-order valence-electron chi connectivity index (χ1n) is 10.7. The van der Waals surface area contributed by atoms with Crippen molar-refractivity contribution in [3.63, 3.8) is 0 Å². The van der Waals surface area contributed by atoms with Crippen molar-refractivity contribution < 1.29 is 0 Å². The van der Waals surface area contributed by atoms with Gasteiger partial charge in [0, 0.05) is 36.9 Å². The lowest BCUT2D eigenvalue weighted by molar-refractivity contribution is 0.0854. The van der Waals surface area contributed by atoms with E-state index in [1.807, 2.05) is 12.3 Å². The van der Waals surface area contributed by atoms with Gasteiger partial charge in [-0.3, -0.25) is 9.88 Å². The number of hydrogen-bond acceptors (Lipinski definition) is 3. The molecule has 144 valence electrons. The molecule has 3 heteroatoms. The molecule has 2 fully saturated rings. The molecule has 0 atom stereocenters. The number of nitrogens with one attached hydrogen (secondary N) is 1. The fraction of sp³-hybridized carbons (Fsp3) is 0.542. The lowest BCUT2D eigenvalue weighted by Crippen LogP contribution is -2.49. The molecule has 27 heavy (non-hydrogen) atoms. The lowest BCUT2D eigenvalue weighted by Gasteiger charge is -2.44. The molecule has 1 saturated heterocycles. The van der Waals surface area contributed by atoms with Gasteiger partial charge in [0.25, 0.3) is 0 Å². The van der Waals surface area contributed by atoms with Gasteiger partial charge >= 0.3 is 0 Å². The Morgan fingerprint density at radius 3 is 2.44 bits per heavy atom. The van der Waals surface area contributed by atoms with Crippen LogP contribution in [-0.4, -0.2) is 35.6 Å². The molecule has 1 aromatic heterocycles. The van der Waals surface area contributed by atoms with Gasteiger partial charge in [-0.15, -0.1) is 0 Å². The minimum atomic E-state index is 0.489. The highest BCUT2D eigenvalue weighted by molar-refractivity contribution is 5.15. The van der Waals surface area contributed by atoms with Gasteiger partial charge in [0.1, 0.15) is 0 Å². The summed E-state index contributed by atoms with van der Waals surface area (Å²) in [6, 6.07) is 17.9. The average molecular weight is 364 g/mol. The summed E-state index contributed by atoms with van der Waals surface area (Å²) in [6.45, 7) is 7.12. The lowest BCUT2D eigenvalue weighted by atomic mass is 9.74. The number of aromatic nitrogens is 1. The summed E-state index contributed by atoms with van der Waals surface area (Å²) in [5.74, 6) is 0.661. The first-order chi connectivity index (χ1) is 13.3. The summed E-state index contributed by atoms with van der Waals surface area (Å²) in [5, 5.41) is 3.90. The maximum absolute atomic E-state index is 4.52. The van der Waals surface area contributed by atoms with Crippen LogP contribution in [0.1, 0.15) is 56.2 Å². The first kappa shape index (κ1) is 18.6. The molecule has 2 aliphatic rings. The minimum Gasteiger partial charge on any atom is -0.313 e. The predicted molar refractivity (Wildman–Crippen MR) is 112 cm³/mol. The summed E-state index contributed by atoms with van der Waals surface area (Å²) in [6.07, 6.45) is 8.34. The van der Waals surface area contributed by atoms with Gasteiger partial charge in [0.05, 0.1) is 0 Å². The zero-order valence-electron chi connectivity index (χ0n) is 16.6. The maximum atomic E-state index is 4.52. The standard InChI is InChI=1S/C24H33N3/c1-2-24(11-14-27(15-12-24)18-20-8-4-3-5-9-20)19-26-22-16-21(17-22)23-10-6-7-13-25-23/h3-10,13,21-22,26H,2,11-12,14-19H2,1H3. The van der Waals surface area contributed by atoms with E-state index >= 15 is 0 Å². The van der Waals surface area contributed by atoms with Gasteiger partial charge in [-0.2, -0.15) is 0 Å². The summed E-state index contributed by atoms with van der Waals surface area (Å²) in [5.41, 5.74) is 3.20. The Kier molecular flexibility index (Phi) is 5.89. The highest BCUT2D eigenvalue weighted by Gasteiger charge is 2.36. The average Bonchev–Trinajstić information content (AvgIpc) is 2.70. The Morgan fingerprint density at radius 1 is 1.04 bits per heavy atom. The number of nitrogens with zero attached hydrogens (tertiary/aromatic N) is 2. The van der Waals surface area contributed by atoms with Crippen LogP contribution in [0.4, 0.5) is 0 Å². The molecule has 1 aliphatic carbocycles. The summed E-state index contributed by atoms with van der Waals surface area (Å²) >= 11 is 0. The Morgan fingerprint density at radius 2 is 1.78 bits per heavy atom. The molecular weight excluding hydrogens is 330 g/mol. The van der Waals surface area contributed by atoms with E-state index in [2.05, 4.69) is 64.6 Å². The summed E-state index contributed by atoms with van der Waals surface area (Å²) in [4.78, 5) is 7.15. The van der Waals surface area contributed by atoms with E-state index in [1.54, 1.807) is 0 Å². The van der Waals surface area contributed by atoms with E-state index in [1.165, 1.54) is 63.0 Å². The van der Waals surface area contributed by atoms with E-state index in [0.29, 0.717) is 17.4 Å². The van der Waals surface area contributed by atoms with Crippen molar-refractivity contribution in [2.75, 3.05) is 19.6 Å². The van der Waals surface area contributed by atoms with Gasteiger partial charge in [-0.25, -0.2) is 0 Å². The minimum absolute atomic E-state index is 0.489. The topological polar surface area (TPSA) is 28.2 Å². The Hall–Kier alpha value is -1.71. The normalized spacial score (nSPS) is 25.1. The fourth-order valence-corrected chi connectivity index (χ4v) is 4.69. The largest absolute Gasteiger partial charge is 0.313 e. The molecule has 1 aliphatic heterocycles. The van der Waals surface area contributed by atoms with Crippen LogP contribution in [0.5, 0.6) is 0 Å². The number of benzene rings is 1. The Bertz CT molecular complexity index is 686. The van der Waals surface area contributed by atoms with Crippen molar-refractivity contribution in [2.24, 2.45) is 5.41 Å². The van der Waals surface area contributed by atoms with Gasteiger partial charge in [0.15, 0.2) is 0 Å². The molecule has 0 amide bonds. The maximum Gasteiger partial charge on any atom is 0.0435 e. The van der Waals surface area contributed by atoms with Crippen molar-refractivity contribution in [3.8, 4) is 0 Å². The third-order valence-electron chi connectivity index (χ3n) is 6.93. The fourth-order valence-electron chi connectivity index (χ4n) is 4.69. The van der Waals surface area contributed by atoms with Gasteiger partial charge in [0.2, 0.25) is 0 Å². The number of rotatable bonds is 7. The van der Waals surface area contributed by atoms with Crippen LogP contribution >= 0.6 is 0 Å². The van der Waals surface area contributed by atoms with E-state index in [4.69, 9.17) is 0 Å². The number of piperidine rings is 1. The molecule has 0 spiro atoms. The van der Waals surface area contributed by atoms with Crippen LogP contribution in [0, 0.1) is 5.41 Å². The quantitative estimate of drug-likeness (QED) is 0.779. The van der Waals surface area contributed by atoms with E-state index in [0.717, 1.165) is 6.54 Å². The van der Waals surface area contributed by atoms with Crippen LogP contribution < -0.4 is 5.32 Å². The molecule has 1 saturated carbocycles. The molecule has 1 N–H and O–H groups in total. The van der Waals surface area contributed by atoms with Crippen LogP contribution in [0.15, 0.2) is 54.7 Å². The second-order valence-electron chi connectivity index (χ2n) is 8.62. The predicted octanol–water partition coefficient (Wildman–Crippen LogP) is 4.61. The van der Waals surface area contributed by atoms with E-state index in [9.17, 15) is 0 Å². The number of pyridine rings is 1. The second-order valence-corrected chi connectivity index (χ2v) is 8.62. The summed E-state index contributed by atoms with van der Waals surface area (Å²) < 4.78 is 0. The van der Waals surface area contributed by atoms with Gasteiger partial charge in [-0.1, -0.05) is 43.3 Å². The molecular formula is C24H33N3. The van der Waals surface area contributed by atoms with Crippen molar-refractivity contribution in [2.45, 2.75) is 57.5 Å². The molecule has 4 rings (SSSR count). The Labute approximate surface area is 164 Å². The highest BCUT2D eigenvalue weighted by Crippen LogP contribution is 2.38. The molecule has 2 heterocycles. The van der Waals surface area contributed by atoms with Gasteiger partial charge < -0.3 is 5.32 Å². The van der Waals surface area contributed by atoms with Crippen LogP contribution in [0.3, 0.4) is 0 Å². The highest BCUT2D eigenvalue weighted by atomic mass is 15.1. The summed E-state index contributed by atoms with van der Waals surface area (Å²) in [7, 11) is 0. The van der Waals surface area contributed by atoms with Crippen molar-refractivity contribution >= 4 is 0 Å². The van der Waals surface area contributed by atoms with Crippen molar-refractivity contribution in [1.29, 1.82) is 0 Å². The number of hydrogen-bond donors (Lipinski definition) is 1. The van der Waals surface area contributed by atoms with Crippen molar-refractivity contribution in [1.82, 2.24) is 15.2 Å². The molecule has 0 bridgehead atoms. The third-order valence-corrected chi connectivity index (χ3v) is 6.93. The van der Waals surface area contributed by atoms with E-state index < -0.39 is 0 Å². The zero-order valence-corrected chi connectivity index (χ0v) is 16.6. The van der Waals surface area contributed by atoms with Crippen LogP contribution in [0.25, 0.3) is 0 Å². The smallest absolute Gasteiger partial charge is 0.0435 e. The third kappa shape index (κ3) is 4.59. The molecule has 3 nitrogen and oxygen atoms in total. The monoisotopic (exact) mass is 363 g/mol. The van der Waals surface area contributed by atoms with Crippen LogP contribution in [-0.2, 0) is 6.54 Å². The Balaban J connectivity index is 1.22. The van der Waals surface area contributed by atoms with Crippen LogP contribution in [0.2, 0.25) is 0 Å². The first-order valence-corrected chi connectivity index (χ1v) is 10.7. The number of likely N-dealkylation sites (tertiary alicyclic amines) is 1. The van der Waals surface area contributed by atoms with Gasteiger partial charge in [-0.05, 0) is 68.3 Å². The molecule has 1 aromatic carbocycles. The zero-order chi connectivity index (χ0) is 18.5.